The molecular weight excluding hydrogens is 373 g/mol. The molecule has 1 heterocycles. The first-order chi connectivity index (χ1) is 13.5. The van der Waals surface area contributed by atoms with Crippen molar-refractivity contribution in [3.8, 4) is 6.07 Å². The minimum absolute atomic E-state index is 0.271. The van der Waals surface area contributed by atoms with Crippen LogP contribution in [0, 0.1) is 31.0 Å². The fourth-order valence-electron chi connectivity index (χ4n) is 2.78. The maximum atomic E-state index is 13.1. The van der Waals surface area contributed by atoms with E-state index in [4.69, 9.17) is 0 Å². The topological polar surface area (TPSA) is 65.8 Å². The third-order valence-electron chi connectivity index (χ3n) is 4.10. The van der Waals surface area contributed by atoms with Crippen molar-refractivity contribution in [2.75, 3.05) is 5.32 Å². The van der Waals surface area contributed by atoms with Crippen molar-refractivity contribution in [1.29, 1.82) is 5.26 Å². The number of carbonyl (C=O) groups excluding carboxylic acids is 1. The molecule has 2 aromatic carbocycles. The summed E-state index contributed by atoms with van der Waals surface area (Å²) in [5.41, 5.74) is 3.36. The first-order valence-electron chi connectivity index (χ1n) is 8.64. The number of hydrogen-bond donors (Lipinski definition) is 1. The smallest absolute Gasteiger partial charge is 0.242 e. The van der Waals surface area contributed by atoms with Crippen LogP contribution < -0.4 is 5.32 Å². The van der Waals surface area contributed by atoms with Gasteiger partial charge in [0, 0.05) is 11.4 Å². The second kappa shape index (κ2) is 8.68. The lowest BCUT2D eigenvalue weighted by Crippen LogP contribution is -2.19. The van der Waals surface area contributed by atoms with E-state index in [9.17, 15) is 14.4 Å². The lowest BCUT2D eigenvalue weighted by Gasteiger charge is -2.18. The Morgan fingerprint density at radius 1 is 1.14 bits per heavy atom. The molecule has 0 fully saturated rings. The molecule has 4 nitrogen and oxygen atoms in total. The molecule has 6 heteroatoms. The van der Waals surface area contributed by atoms with E-state index in [2.05, 4.69) is 16.4 Å². The summed E-state index contributed by atoms with van der Waals surface area (Å²) in [6.07, 6.45) is 0. The number of aromatic nitrogens is 1. The Balaban J connectivity index is 1.96. The summed E-state index contributed by atoms with van der Waals surface area (Å²) in [5, 5.41) is 12.2. The van der Waals surface area contributed by atoms with Crippen molar-refractivity contribution in [1.82, 2.24) is 4.98 Å². The van der Waals surface area contributed by atoms with Gasteiger partial charge in [0.2, 0.25) is 5.91 Å². The molecule has 0 aliphatic rings. The molecule has 28 heavy (non-hydrogen) atoms. The molecule has 0 saturated heterocycles. The average Bonchev–Trinajstić information content (AvgIpc) is 2.68. The lowest BCUT2D eigenvalue weighted by molar-refractivity contribution is -0.115. The molecule has 1 aromatic heterocycles. The van der Waals surface area contributed by atoms with Crippen LogP contribution in [0.1, 0.15) is 27.6 Å². The third kappa shape index (κ3) is 4.56. The van der Waals surface area contributed by atoms with E-state index in [0.717, 1.165) is 16.8 Å². The Labute approximate surface area is 167 Å². The fraction of sp³-hybridized carbons (Fsp3) is 0.136. The van der Waals surface area contributed by atoms with E-state index < -0.39 is 5.25 Å². The van der Waals surface area contributed by atoms with Crippen molar-refractivity contribution in [2.24, 2.45) is 0 Å². The zero-order valence-corrected chi connectivity index (χ0v) is 16.3. The van der Waals surface area contributed by atoms with Crippen LogP contribution in [0.4, 0.5) is 10.1 Å². The predicted octanol–water partition coefficient (Wildman–Crippen LogP) is 5.18. The van der Waals surface area contributed by atoms with Crippen LogP contribution >= 0.6 is 11.8 Å². The van der Waals surface area contributed by atoms with Crippen LogP contribution in [0.5, 0.6) is 0 Å². The van der Waals surface area contributed by atoms with Gasteiger partial charge in [0.25, 0.3) is 0 Å². The minimum atomic E-state index is -0.618. The number of amides is 1. The molecule has 0 saturated carbocycles. The van der Waals surface area contributed by atoms with E-state index in [0.29, 0.717) is 16.3 Å². The van der Waals surface area contributed by atoms with E-state index in [-0.39, 0.29) is 11.7 Å². The van der Waals surface area contributed by atoms with Crippen LogP contribution in [0.25, 0.3) is 0 Å². The zero-order valence-electron chi connectivity index (χ0n) is 15.4. The highest BCUT2D eigenvalue weighted by molar-refractivity contribution is 8.00. The molecule has 140 valence electrons. The quantitative estimate of drug-likeness (QED) is 0.609. The molecule has 1 amide bonds. The summed E-state index contributed by atoms with van der Waals surface area (Å²) < 4.78 is 13.1. The minimum Gasteiger partial charge on any atom is -0.325 e. The van der Waals surface area contributed by atoms with Gasteiger partial charge in [-0.1, -0.05) is 42.1 Å². The van der Waals surface area contributed by atoms with Crippen LogP contribution in [-0.4, -0.2) is 10.9 Å². The predicted molar refractivity (Wildman–Crippen MR) is 108 cm³/mol. The van der Waals surface area contributed by atoms with Gasteiger partial charge in [-0.25, -0.2) is 9.37 Å². The molecule has 1 unspecified atom stereocenters. The summed E-state index contributed by atoms with van der Waals surface area (Å²) in [5.74, 6) is -0.641. The van der Waals surface area contributed by atoms with Crippen LogP contribution in [0.3, 0.4) is 0 Å². The van der Waals surface area contributed by atoms with Crippen molar-refractivity contribution < 1.29 is 9.18 Å². The Morgan fingerprint density at radius 2 is 1.82 bits per heavy atom. The number of aryl methyl sites for hydroxylation is 2. The van der Waals surface area contributed by atoms with E-state index in [1.807, 2.05) is 50.2 Å². The summed E-state index contributed by atoms with van der Waals surface area (Å²) in [6, 6.07) is 18.9. The first kappa shape index (κ1) is 19.6. The maximum absolute atomic E-state index is 13.1. The molecule has 3 rings (SSSR count). The molecule has 1 N–H and O–H groups in total. The molecule has 0 bridgehead atoms. The monoisotopic (exact) mass is 391 g/mol. The van der Waals surface area contributed by atoms with E-state index in [1.165, 1.54) is 36.0 Å². The number of hydrogen-bond acceptors (Lipinski definition) is 4. The molecule has 0 radical (unpaired) electrons. The number of pyridine rings is 1. The van der Waals surface area contributed by atoms with Gasteiger partial charge in [-0.3, -0.25) is 4.79 Å². The number of nitriles is 1. The highest BCUT2D eigenvalue weighted by Crippen LogP contribution is 2.37. The highest BCUT2D eigenvalue weighted by Gasteiger charge is 2.25. The van der Waals surface area contributed by atoms with E-state index in [1.54, 1.807) is 0 Å². The van der Waals surface area contributed by atoms with Gasteiger partial charge >= 0.3 is 0 Å². The van der Waals surface area contributed by atoms with Crippen molar-refractivity contribution >= 4 is 23.4 Å². The number of carbonyl (C=O) groups is 1. The second-order valence-corrected chi connectivity index (χ2v) is 7.37. The second-order valence-electron chi connectivity index (χ2n) is 6.28. The Morgan fingerprint density at radius 3 is 2.46 bits per heavy atom. The third-order valence-corrected chi connectivity index (χ3v) is 5.35. The average molecular weight is 391 g/mol. The number of thioether (sulfide) groups is 1. The van der Waals surface area contributed by atoms with Crippen molar-refractivity contribution in [2.45, 2.75) is 24.1 Å². The Bertz CT molecular complexity index is 1030. The fourth-order valence-corrected chi connectivity index (χ4v) is 3.98. The van der Waals surface area contributed by atoms with Crippen molar-refractivity contribution in [3.63, 3.8) is 0 Å². The number of anilines is 1. The Kier molecular flexibility index (Phi) is 6.07. The largest absolute Gasteiger partial charge is 0.325 e. The van der Waals surface area contributed by atoms with Gasteiger partial charge < -0.3 is 5.32 Å². The maximum Gasteiger partial charge on any atom is 0.242 e. The van der Waals surface area contributed by atoms with Gasteiger partial charge in [-0.05, 0) is 55.3 Å². The molecule has 1 atom stereocenters. The van der Waals surface area contributed by atoms with Gasteiger partial charge in [0.05, 0.1) is 5.56 Å². The van der Waals surface area contributed by atoms with Crippen LogP contribution in [0.15, 0.2) is 65.7 Å². The number of nitrogens with zero attached hydrogens (tertiary/aromatic N) is 2. The molecule has 0 spiro atoms. The number of halogens is 1. The molecular formula is C22H18FN3OS. The standard InChI is InChI=1S/C22H18FN3OS/c1-14-12-15(2)25-22(19(14)13-24)28-20(16-6-4-3-5-7-16)21(27)26-18-10-8-17(23)9-11-18/h3-12,20H,1-2H3,(H,26,27). The first-order valence-corrected chi connectivity index (χ1v) is 9.52. The van der Waals surface area contributed by atoms with Crippen LogP contribution in [0.2, 0.25) is 0 Å². The SMILES string of the molecule is Cc1cc(C)c(C#N)c(SC(C(=O)Nc2ccc(F)cc2)c2ccccc2)n1. The molecule has 0 aliphatic heterocycles. The lowest BCUT2D eigenvalue weighted by atomic mass is 10.1. The summed E-state index contributed by atoms with van der Waals surface area (Å²) in [7, 11) is 0. The number of benzene rings is 2. The van der Waals surface area contributed by atoms with Crippen LogP contribution in [-0.2, 0) is 4.79 Å². The van der Waals surface area contributed by atoms with Crippen molar-refractivity contribution in [3.05, 3.63) is 88.9 Å². The van der Waals surface area contributed by atoms with E-state index >= 15 is 0 Å². The van der Waals surface area contributed by atoms with Gasteiger partial charge in [-0.2, -0.15) is 5.26 Å². The number of rotatable bonds is 5. The number of nitrogens with one attached hydrogen (secondary N) is 1. The summed E-state index contributed by atoms with van der Waals surface area (Å²) in [4.78, 5) is 17.5. The molecule has 3 aromatic rings. The molecule has 0 aliphatic carbocycles. The normalized spacial score (nSPS) is 11.5. The highest BCUT2D eigenvalue weighted by atomic mass is 32.2. The zero-order chi connectivity index (χ0) is 20.1. The van der Waals surface area contributed by atoms with Gasteiger partial charge in [0.15, 0.2) is 0 Å². The van der Waals surface area contributed by atoms with Gasteiger partial charge in [-0.15, -0.1) is 0 Å². The van der Waals surface area contributed by atoms with Gasteiger partial charge in [0.1, 0.15) is 22.2 Å². The Hall–Kier alpha value is -3.17. The summed E-state index contributed by atoms with van der Waals surface area (Å²) >= 11 is 1.23. The summed E-state index contributed by atoms with van der Waals surface area (Å²) in [6.45, 7) is 3.71.